The lowest BCUT2D eigenvalue weighted by atomic mass is 10.3. The number of carbonyl (C=O) groups excluding carboxylic acids is 1. The van der Waals surface area contributed by atoms with Crippen LogP contribution >= 0.6 is 11.6 Å². The van der Waals surface area contributed by atoms with E-state index in [1.165, 1.54) is 0 Å². The highest BCUT2D eigenvalue weighted by Crippen LogP contribution is 2.18. The van der Waals surface area contributed by atoms with Gasteiger partial charge >= 0.3 is 12.0 Å². The molecule has 6 nitrogen and oxygen atoms in total. The maximum Gasteiger partial charge on any atom is 0.323 e. The number of halogens is 1. The van der Waals surface area contributed by atoms with Crippen LogP contribution in [-0.4, -0.2) is 42.9 Å². The maximum absolute atomic E-state index is 12.2. The molecule has 0 aromatic heterocycles. The second-order valence-corrected chi connectivity index (χ2v) is 4.90. The fourth-order valence-corrected chi connectivity index (χ4v) is 1.79. The first kappa shape index (κ1) is 17.3. The van der Waals surface area contributed by atoms with E-state index in [0.717, 1.165) is 4.90 Å². The molecule has 2 amide bonds. The highest BCUT2D eigenvalue weighted by Gasteiger charge is 2.20. The number of nitrogens with one attached hydrogen (secondary N) is 1. The minimum absolute atomic E-state index is 0.221. The Labute approximate surface area is 128 Å². The Balaban J connectivity index is 2.79. The fraction of sp³-hybridized carbons (Fsp3) is 0.429. The van der Waals surface area contributed by atoms with Crippen molar-refractivity contribution in [3.05, 3.63) is 29.3 Å². The minimum Gasteiger partial charge on any atom is -0.480 e. The van der Waals surface area contributed by atoms with E-state index < -0.39 is 18.5 Å². The number of carboxylic acid groups (broad SMARTS) is 1. The van der Waals surface area contributed by atoms with E-state index in [2.05, 4.69) is 5.32 Å². The first-order chi connectivity index (χ1) is 9.93. The van der Waals surface area contributed by atoms with Crippen LogP contribution in [-0.2, 0) is 9.53 Å². The second-order valence-electron chi connectivity index (χ2n) is 4.47. The number of ether oxygens (including phenoxy) is 1. The van der Waals surface area contributed by atoms with Crippen LogP contribution in [0.5, 0.6) is 0 Å². The van der Waals surface area contributed by atoms with Gasteiger partial charge in [0.15, 0.2) is 0 Å². The van der Waals surface area contributed by atoms with Gasteiger partial charge < -0.3 is 15.2 Å². The summed E-state index contributed by atoms with van der Waals surface area (Å²) in [5.74, 6) is -1.10. The standard InChI is InChI=1S/C14H19ClN2O4/c1-3-21-9-10(2)16-14(20)17(8-13(18)19)12-6-4-11(15)5-7-12/h4-7,10H,3,8-9H2,1-2H3,(H,16,20)(H,18,19). The van der Waals surface area contributed by atoms with Gasteiger partial charge in [-0.3, -0.25) is 9.69 Å². The molecule has 0 heterocycles. The van der Waals surface area contributed by atoms with Gasteiger partial charge in [-0.15, -0.1) is 0 Å². The number of anilines is 1. The van der Waals surface area contributed by atoms with Crippen LogP contribution < -0.4 is 10.2 Å². The third-order valence-electron chi connectivity index (χ3n) is 2.62. The van der Waals surface area contributed by atoms with Crippen molar-refractivity contribution < 1.29 is 19.4 Å². The van der Waals surface area contributed by atoms with Gasteiger partial charge in [0.2, 0.25) is 0 Å². The number of rotatable bonds is 7. The molecule has 0 saturated heterocycles. The van der Waals surface area contributed by atoms with Crippen LogP contribution in [0.25, 0.3) is 0 Å². The summed E-state index contributed by atoms with van der Waals surface area (Å²) in [6.07, 6.45) is 0. The van der Waals surface area contributed by atoms with E-state index in [1.807, 2.05) is 6.92 Å². The van der Waals surface area contributed by atoms with Crippen molar-refractivity contribution >= 4 is 29.3 Å². The summed E-state index contributed by atoms with van der Waals surface area (Å²) in [4.78, 5) is 24.3. The average Bonchev–Trinajstić information content (AvgIpc) is 2.43. The predicted octanol–water partition coefficient (Wildman–Crippen LogP) is 2.37. The van der Waals surface area contributed by atoms with E-state index in [-0.39, 0.29) is 6.04 Å². The molecule has 0 saturated carbocycles. The molecule has 7 heteroatoms. The van der Waals surface area contributed by atoms with Gasteiger partial charge in [-0.2, -0.15) is 0 Å². The normalized spacial score (nSPS) is 11.8. The summed E-state index contributed by atoms with van der Waals surface area (Å²) >= 11 is 5.79. The molecule has 116 valence electrons. The molecule has 21 heavy (non-hydrogen) atoms. The first-order valence-corrected chi connectivity index (χ1v) is 6.95. The summed E-state index contributed by atoms with van der Waals surface area (Å²) in [6.45, 7) is 4.13. The quantitative estimate of drug-likeness (QED) is 0.810. The van der Waals surface area contributed by atoms with Crippen molar-refractivity contribution in [2.45, 2.75) is 19.9 Å². The van der Waals surface area contributed by atoms with E-state index in [9.17, 15) is 9.59 Å². The van der Waals surface area contributed by atoms with E-state index >= 15 is 0 Å². The van der Waals surface area contributed by atoms with Crippen LogP contribution in [0.4, 0.5) is 10.5 Å². The zero-order valence-corrected chi connectivity index (χ0v) is 12.8. The number of aliphatic carboxylic acids is 1. The number of carbonyl (C=O) groups is 2. The molecular formula is C14H19ClN2O4. The number of hydrogen-bond acceptors (Lipinski definition) is 3. The Morgan fingerprint density at radius 2 is 2.00 bits per heavy atom. The van der Waals surface area contributed by atoms with Gasteiger partial charge in [0.05, 0.1) is 12.6 Å². The monoisotopic (exact) mass is 314 g/mol. The molecule has 0 fully saturated rings. The average molecular weight is 315 g/mol. The lowest BCUT2D eigenvalue weighted by Crippen LogP contribution is -2.47. The summed E-state index contributed by atoms with van der Waals surface area (Å²) in [6, 6.07) is 5.68. The summed E-state index contributed by atoms with van der Waals surface area (Å²) < 4.78 is 5.21. The van der Waals surface area contributed by atoms with E-state index in [0.29, 0.717) is 23.9 Å². The number of benzene rings is 1. The van der Waals surface area contributed by atoms with Crippen LogP contribution in [0.1, 0.15) is 13.8 Å². The number of hydrogen-bond donors (Lipinski definition) is 2. The van der Waals surface area contributed by atoms with Crippen LogP contribution in [0.2, 0.25) is 5.02 Å². The summed E-state index contributed by atoms with van der Waals surface area (Å²) in [5.41, 5.74) is 0.461. The summed E-state index contributed by atoms with van der Waals surface area (Å²) in [7, 11) is 0. The maximum atomic E-state index is 12.2. The molecule has 0 aliphatic heterocycles. The Hall–Kier alpha value is -1.79. The summed E-state index contributed by atoms with van der Waals surface area (Å²) in [5, 5.41) is 12.2. The molecule has 0 radical (unpaired) electrons. The molecular weight excluding hydrogens is 296 g/mol. The fourth-order valence-electron chi connectivity index (χ4n) is 1.66. The van der Waals surface area contributed by atoms with Crippen molar-refractivity contribution in [3.63, 3.8) is 0 Å². The SMILES string of the molecule is CCOCC(C)NC(=O)N(CC(=O)O)c1ccc(Cl)cc1. The van der Waals surface area contributed by atoms with Crippen LogP contribution in [0.3, 0.4) is 0 Å². The smallest absolute Gasteiger partial charge is 0.323 e. The zero-order chi connectivity index (χ0) is 15.8. The molecule has 1 aromatic carbocycles. The van der Waals surface area contributed by atoms with E-state index in [4.69, 9.17) is 21.4 Å². The lowest BCUT2D eigenvalue weighted by Gasteiger charge is -2.24. The number of urea groups is 1. The molecule has 1 rings (SSSR count). The van der Waals surface area contributed by atoms with Gasteiger partial charge in [-0.25, -0.2) is 4.79 Å². The van der Waals surface area contributed by atoms with E-state index in [1.54, 1.807) is 31.2 Å². The van der Waals surface area contributed by atoms with Gasteiger partial charge in [0.1, 0.15) is 6.54 Å². The highest BCUT2D eigenvalue weighted by atomic mass is 35.5. The Morgan fingerprint density at radius 3 is 2.52 bits per heavy atom. The molecule has 0 bridgehead atoms. The molecule has 1 unspecified atom stereocenters. The predicted molar refractivity (Wildman–Crippen MR) is 80.9 cm³/mol. The second kappa shape index (κ2) is 8.49. The van der Waals surface area contributed by atoms with Crippen molar-refractivity contribution in [1.29, 1.82) is 0 Å². The third-order valence-corrected chi connectivity index (χ3v) is 2.87. The van der Waals surface area contributed by atoms with Gasteiger partial charge in [-0.05, 0) is 38.1 Å². The zero-order valence-electron chi connectivity index (χ0n) is 12.0. The van der Waals surface area contributed by atoms with Crippen LogP contribution in [0.15, 0.2) is 24.3 Å². The topological polar surface area (TPSA) is 78.9 Å². The Morgan fingerprint density at radius 1 is 1.38 bits per heavy atom. The number of carboxylic acids is 1. The Bertz CT molecular complexity index is 478. The number of nitrogens with zero attached hydrogens (tertiary/aromatic N) is 1. The van der Waals surface area contributed by atoms with Crippen molar-refractivity contribution in [1.82, 2.24) is 5.32 Å². The Kier molecular flexibility index (Phi) is 6.98. The molecule has 0 aliphatic carbocycles. The lowest BCUT2D eigenvalue weighted by molar-refractivity contribution is -0.135. The number of amides is 2. The minimum atomic E-state index is -1.10. The van der Waals surface area contributed by atoms with Crippen molar-refractivity contribution in [2.75, 3.05) is 24.7 Å². The molecule has 1 aromatic rings. The van der Waals surface area contributed by atoms with Gasteiger partial charge in [-0.1, -0.05) is 11.6 Å². The molecule has 2 N–H and O–H groups in total. The van der Waals surface area contributed by atoms with Gasteiger partial charge in [0.25, 0.3) is 0 Å². The van der Waals surface area contributed by atoms with Crippen LogP contribution in [0, 0.1) is 0 Å². The molecule has 1 atom stereocenters. The van der Waals surface area contributed by atoms with Gasteiger partial charge in [0, 0.05) is 17.3 Å². The van der Waals surface area contributed by atoms with Crippen molar-refractivity contribution in [2.24, 2.45) is 0 Å². The first-order valence-electron chi connectivity index (χ1n) is 6.57. The highest BCUT2D eigenvalue weighted by molar-refractivity contribution is 6.30. The molecule has 0 aliphatic rings. The third kappa shape index (κ3) is 6.01. The van der Waals surface area contributed by atoms with Crippen molar-refractivity contribution in [3.8, 4) is 0 Å². The molecule has 0 spiro atoms. The largest absolute Gasteiger partial charge is 0.480 e.